The predicted molar refractivity (Wildman–Crippen MR) is 81.3 cm³/mol. The lowest BCUT2D eigenvalue weighted by atomic mass is 10.0. The fourth-order valence-corrected chi connectivity index (χ4v) is 2.43. The van der Waals surface area contributed by atoms with Gasteiger partial charge in [0.2, 0.25) is 0 Å². The van der Waals surface area contributed by atoms with E-state index in [-0.39, 0.29) is 6.04 Å². The van der Waals surface area contributed by atoms with E-state index in [2.05, 4.69) is 16.6 Å². The van der Waals surface area contributed by atoms with Crippen LogP contribution in [0.25, 0.3) is 0 Å². The zero-order valence-corrected chi connectivity index (χ0v) is 12.9. The van der Waals surface area contributed by atoms with Crippen LogP contribution in [0.4, 0.5) is 0 Å². The maximum Gasteiger partial charge on any atom is 0.123 e. The molecule has 0 aliphatic rings. The largest absolute Gasteiger partial charge is 0.497 e. The molecule has 1 atom stereocenters. The van der Waals surface area contributed by atoms with Crippen LogP contribution in [0.1, 0.15) is 23.0 Å². The van der Waals surface area contributed by atoms with Crippen molar-refractivity contribution in [3.8, 4) is 11.5 Å². The fraction of sp³-hybridized carbons (Fsp3) is 0.400. The minimum absolute atomic E-state index is 0.0927. The SMILES string of the molecule is COc1ccc(OC)c(C(Cc2cc(C)nn2C)NN)c1. The van der Waals surface area contributed by atoms with E-state index in [4.69, 9.17) is 15.3 Å². The molecule has 1 aromatic heterocycles. The summed E-state index contributed by atoms with van der Waals surface area (Å²) in [5.41, 5.74) is 5.89. The number of aryl methyl sites for hydroxylation is 2. The fourth-order valence-electron chi connectivity index (χ4n) is 2.43. The molecular formula is C15H22N4O2. The van der Waals surface area contributed by atoms with Crippen molar-refractivity contribution in [2.45, 2.75) is 19.4 Å². The highest BCUT2D eigenvalue weighted by molar-refractivity contribution is 5.42. The van der Waals surface area contributed by atoms with Crippen molar-refractivity contribution in [1.29, 1.82) is 0 Å². The number of methoxy groups -OCH3 is 2. The first-order chi connectivity index (χ1) is 10.1. The highest BCUT2D eigenvalue weighted by Crippen LogP contribution is 2.30. The van der Waals surface area contributed by atoms with Gasteiger partial charge in [0, 0.05) is 24.7 Å². The summed E-state index contributed by atoms with van der Waals surface area (Å²) >= 11 is 0. The van der Waals surface area contributed by atoms with E-state index in [1.54, 1.807) is 14.2 Å². The number of hydrogen-bond donors (Lipinski definition) is 2. The standard InChI is InChI=1S/C15H22N4O2/c1-10-7-11(19(2)18-10)8-14(17-16)13-9-12(20-3)5-6-15(13)21-4/h5-7,9,14,17H,8,16H2,1-4H3. The molecule has 21 heavy (non-hydrogen) atoms. The molecule has 0 amide bonds. The van der Waals surface area contributed by atoms with E-state index in [1.165, 1.54) is 0 Å². The first kappa shape index (κ1) is 15.3. The van der Waals surface area contributed by atoms with Crippen LogP contribution in [0.2, 0.25) is 0 Å². The Bertz CT molecular complexity index is 610. The summed E-state index contributed by atoms with van der Waals surface area (Å²) in [5.74, 6) is 7.29. The molecular weight excluding hydrogens is 268 g/mol. The molecule has 0 saturated heterocycles. The van der Waals surface area contributed by atoms with Gasteiger partial charge in [-0.3, -0.25) is 16.0 Å². The highest BCUT2D eigenvalue weighted by atomic mass is 16.5. The van der Waals surface area contributed by atoms with Gasteiger partial charge >= 0.3 is 0 Å². The van der Waals surface area contributed by atoms with Gasteiger partial charge in [0.25, 0.3) is 0 Å². The number of nitrogens with one attached hydrogen (secondary N) is 1. The molecule has 2 aromatic rings. The minimum Gasteiger partial charge on any atom is -0.497 e. The molecule has 6 nitrogen and oxygen atoms in total. The summed E-state index contributed by atoms with van der Waals surface area (Å²) < 4.78 is 12.6. The molecule has 3 N–H and O–H groups in total. The molecule has 1 heterocycles. The number of benzene rings is 1. The third-order valence-electron chi connectivity index (χ3n) is 3.53. The topological polar surface area (TPSA) is 74.3 Å². The van der Waals surface area contributed by atoms with Gasteiger partial charge in [0.05, 0.1) is 26.0 Å². The van der Waals surface area contributed by atoms with E-state index in [0.717, 1.165) is 28.5 Å². The van der Waals surface area contributed by atoms with Crippen LogP contribution in [-0.4, -0.2) is 24.0 Å². The second kappa shape index (κ2) is 6.60. The van der Waals surface area contributed by atoms with E-state index >= 15 is 0 Å². The van der Waals surface area contributed by atoms with Gasteiger partial charge < -0.3 is 9.47 Å². The molecule has 0 spiro atoms. The number of rotatable bonds is 6. The monoisotopic (exact) mass is 290 g/mol. The Morgan fingerprint density at radius 1 is 1.29 bits per heavy atom. The highest BCUT2D eigenvalue weighted by Gasteiger charge is 2.18. The van der Waals surface area contributed by atoms with Crippen LogP contribution in [0.3, 0.4) is 0 Å². The summed E-state index contributed by atoms with van der Waals surface area (Å²) in [5, 5.41) is 4.36. The van der Waals surface area contributed by atoms with Crippen molar-refractivity contribution in [1.82, 2.24) is 15.2 Å². The third kappa shape index (κ3) is 3.34. The third-order valence-corrected chi connectivity index (χ3v) is 3.53. The van der Waals surface area contributed by atoms with Gasteiger partial charge in [-0.2, -0.15) is 5.10 Å². The molecule has 0 aliphatic heterocycles. The second-order valence-electron chi connectivity index (χ2n) is 4.93. The van der Waals surface area contributed by atoms with Gasteiger partial charge in [0.15, 0.2) is 0 Å². The van der Waals surface area contributed by atoms with Gasteiger partial charge in [-0.1, -0.05) is 0 Å². The number of hydrogen-bond acceptors (Lipinski definition) is 5. The number of nitrogens with two attached hydrogens (primary N) is 1. The van der Waals surface area contributed by atoms with Crippen LogP contribution in [0.15, 0.2) is 24.3 Å². The molecule has 114 valence electrons. The molecule has 6 heteroatoms. The van der Waals surface area contributed by atoms with Crippen molar-refractivity contribution in [2.24, 2.45) is 12.9 Å². The number of hydrazine groups is 1. The Kier molecular flexibility index (Phi) is 4.82. The van der Waals surface area contributed by atoms with E-state index in [9.17, 15) is 0 Å². The van der Waals surface area contributed by atoms with Crippen LogP contribution < -0.4 is 20.7 Å². The normalized spacial score (nSPS) is 12.2. The molecule has 0 fully saturated rings. The lowest BCUT2D eigenvalue weighted by Crippen LogP contribution is -2.30. The number of nitrogens with zero attached hydrogens (tertiary/aromatic N) is 2. The van der Waals surface area contributed by atoms with Crippen molar-refractivity contribution < 1.29 is 9.47 Å². The molecule has 0 aliphatic carbocycles. The zero-order chi connectivity index (χ0) is 15.4. The maximum absolute atomic E-state index is 5.75. The summed E-state index contributed by atoms with van der Waals surface area (Å²) in [7, 11) is 5.22. The average Bonchev–Trinajstić information content (AvgIpc) is 2.81. The first-order valence-electron chi connectivity index (χ1n) is 6.76. The Morgan fingerprint density at radius 3 is 2.57 bits per heavy atom. The Balaban J connectivity index is 2.34. The zero-order valence-electron chi connectivity index (χ0n) is 12.9. The molecule has 0 bridgehead atoms. The van der Waals surface area contributed by atoms with Crippen LogP contribution in [0, 0.1) is 6.92 Å². The van der Waals surface area contributed by atoms with Crippen molar-refractivity contribution in [2.75, 3.05) is 14.2 Å². The van der Waals surface area contributed by atoms with Crippen molar-refractivity contribution in [3.63, 3.8) is 0 Å². The van der Waals surface area contributed by atoms with E-state index in [0.29, 0.717) is 6.42 Å². The van der Waals surface area contributed by atoms with E-state index in [1.807, 2.05) is 36.9 Å². The van der Waals surface area contributed by atoms with Gasteiger partial charge in [-0.25, -0.2) is 0 Å². The Morgan fingerprint density at radius 2 is 2.05 bits per heavy atom. The van der Waals surface area contributed by atoms with E-state index < -0.39 is 0 Å². The van der Waals surface area contributed by atoms with Gasteiger partial charge in [-0.15, -0.1) is 0 Å². The maximum atomic E-state index is 5.75. The minimum atomic E-state index is -0.0927. The first-order valence-corrected chi connectivity index (χ1v) is 6.76. The summed E-state index contributed by atoms with van der Waals surface area (Å²) in [6.07, 6.45) is 0.706. The van der Waals surface area contributed by atoms with Crippen molar-refractivity contribution in [3.05, 3.63) is 41.2 Å². The predicted octanol–water partition coefficient (Wildman–Crippen LogP) is 1.49. The molecule has 1 unspecified atom stereocenters. The number of ether oxygens (including phenoxy) is 2. The van der Waals surface area contributed by atoms with Gasteiger partial charge in [0.1, 0.15) is 11.5 Å². The summed E-state index contributed by atoms with van der Waals surface area (Å²) in [6.45, 7) is 1.97. The Hall–Kier alpha value is -2.05. The van der Waals surface area contributed by atoms with Crippen LogP contribution >= 0.6 is 0 Å². The quantitative estimate of drug-likeness (QED) is 0.623. The average molecular weight is 290 g/mol. The summed E-state index contributed by atoms with van der Waals surface area (Å²) in [4.78, 5) is 0. The molecule has 2 rings (SSSR count). The molecule has 0 saturated carbocycles. The second-order valence-corrected chi connectivity index (χ2v) is 4.93. The molecule has 1 aromatic carbocycles. The summed E-state index contributed by atoms with van der Waals surface area (Å²) in [6, 6.07) is 7.64. The Labute approximate surface area is 124 Å². The van der Waals surface area contributed by atoms with Crippen LogP contribution in [0.5, 0.6) is 11.5 Å². The van der Waals surface area contributed by atoms with Crippen LogP contribution in [-0.2, 0) is 13.5 Å². The van der Waals surface area contributed by atoms with Gasteiger partial charge in [-0.05, 0) is 31.2 Å². The van der Waals surface area contributed by atoms with Crippen molar-refractivity contribution >= 4 is 0 Å². The molecule has 0 radical (unpaired) electrons. The lowest BCUT2D eigenvalue weighted by Gasteiger charge is -2.20. The number of aromatic nitrogens is 2. The lowest BCUT2D eigenvalue weighted by molar-refractivity contribution is 0.388. The smallest absolute Gasteiger partial charge is 0.123 e.